The van der Waals surface area contributed by atoms with E-state index in [1.54, 1.807) is 6.07 Å². The topological polar surface area (TPSA) is 39.1 Å². The first-order chi connectivity index (χ1) is 11.6. The van der Waals surface area contributed by atoms with Crippen molar-refractivity contribution in [3.05, 3.63) is 57.8 Å². The van der Waals surface area contributed by atoms with Crippen LogP contribution in [-0.2, 0) is 6.54 Å². The molecule has 1 aromatic heterocycles. The summed E-state index contributed by atoms with van der Waals surface area (Å²) in [7, 11) is 0. The molecular weight excluding hydrogens is 345 g/mol. The third-order valence-electron chi connectivity index (χ3n) is 4.29. The second-order valence-electron chi connectivity index (χ2n) is 6.03. The third kappa shape index (κ3) is 2.97. The maximum Gasteiger partial charge on any atom is 0.123 e. The molecule has 2 aromatic carbocycles. The minimum absolute atomic E-state index is 0.252. The van der Waals surface area contributed by atoms with Crippen molar-refractivity contribution in [2.75, 3.05) is 13.1 Å². The predicted molar refractivity (Wildman–Crippen MR) is 97.3 cm³/mol. The van der Waals surface area contributed by atoms with Crippen molar-refractivity contribution in [1.82, 2.24) is 14.9 Å². The fraction of sp³-hybridized carbons (Fsp3) is 0.278. The normalized spacial score (nSPS) is 14.8. The molecule has 1 N–H and O–H groups in total. The molecule has 24 heavy (non-hydrogen) atoms. The molecular formula is C18H17Cl2N3O. The van der Waals surface area contributed by atoms with Crippen molar-refractivity contribution < 1.29 is 4.74 Å². The van der Waals surface area contributed by atoms with Gasteiger partial charge in [0.2, 0.25) is 0 Å². The Bertz CT molecular complexity index is 903. The Balaban J connectivity index is 1.71. The first-order valence-electron chi connectivity index (χ1n) is 7.88. The monoisotopic (exact) mass is 361 g/mol. The van der Waals surface area contributed by atoms with Crippen LogP contribution in [0, 0.1) is 6.92 Å². The maximum absolute atomic E-state index is 6.32. The summed E-state index contributed by atoms with van der Waals surface area (Å²) >= 11 is 12.4. The molecule has 0 spiro atoms. The van der Waals surface area contributed by atoms with Gasteiger partial charge in [-0.2, -0.15) is 0 Å². The van der Waals surface area contributed by atoms with Crippen molar-refractivity contribution in [2.45, 2.75) is 19.6 Å². The molecule has 4 nitrogen and oxygen atoms in total. The molecule has 6 heteroatoms. The number of benzene rings is 2. The minimum Gasteiger partial charge on any atom is -0.488 e. The molecule has 0 atom stereocenters. The Morgan fingerprint density at radius 1 is 1.21 bits per heavy atom. The van der Waals surface area contributed by atoms with Gasteiger partial charge in [0.1, 0.15) is 17.7 Å². The lowest BCUT2D eigenvalue weighted by Crippen LogP contribution is -2.50. The average molecular weight is 362 g/mol. The fourth-order valence-corrected chi connectivity index (χ4v) is 3.24. The SMILES string of the molecule is Cc1nc2ccc(OC3CNC3)cc2n1Cc1cc(Cl)ccc1Cl. The second-order valence-corrected chi connectivity index (χ2v) is 6.87. The summed E-state index contributed by atoms with van der Waals surface area (Å²) in [6.07, 6.45) is 0.252. The van der Waals surface area contributed by atoms with Gasteiger partial charge in [0.05, 0.1) is 17.6 Å². The fourth-order valence-electron chi connectivity index (χ4n) is 2.87. The number of rotatable bonds is 4. The van der Waals surface area contributed by atoms with Gasteiger partial charge in [0.25, 0.3) is 0 Å². The van der Waals surface area contributed by atoms with Crippen molar-refractivity contribution in [3.8, 4) is 5.75 Å². The number of halogens is 2. The largest absolute Gasteiger partial charge is 0.488 e. The highest BCUT2D eigenvalue weighted by Gasteiger charge is 2.19. The Labute approximate surface area is 150 Å². The number of nitrogens with one attached hydrogen (secondary N) is 1. The lowest BCUT2D eigenvalue weighted by atomic mass is 10.2. The van der Waals surface area contributed by atoms with E-state index in [4.69, 9.17) is 27.9 Å². The van der Waals surface area contributed by atoms with Crippen LogP contribution in [0.5, 0.6) is 5.75 Å². The van der Waals surface area contributed by atoms with Crippen LogP contribution in [-0.4, -0.2) is 28.7 Å². The molecule has 124 valence electrons. The highest BCUT2D eigenvalue weighted by Crippen LogP contribution is 2.27. The zero-order chi connectivity index (χ0) is 16.7. The first-order valence-corrected chi connectivity index (χ1v) is 8.64. The van der Waals surface area contributed by atoms with Gasteiger partial charge in [-0.3, -0.25) is 0 Å². The number of hydrogen-bond acceptors (Lipinski definition) is 3. The Morgan fingerprint density at radius 3 is 2.79 bits per heavy atom. The molecule has 0 amide bonds. The summed E-state index contributed by atoms with van der Waals surface area (Å²) in [5.41, 5.74) is 2.96. The van der Waals surface area contributed by atoms with Crippen molar-refractivity contribution in [1.29, 1.82) is 0 Å². The van der Waals surface area contributed by atoms with Gasteiger partial charge in [-0.25, -0.2) is 4.98 Å². The molecule has 1 fully saturated rings. The molecule has 1 saturated heterocycles. The number of aromatic nitrogens is 2. The highest BCUT2D eigenvalue weighted by atomic mass is 35.5. The highest BCUT2D eigenvalue weighted by molar-refractivity contribution is 6.33. The molecule has 4 rings (SSSR count). The summed E-state index contributed by atoms with van der Waals surface area (Å²) in [6, 6.07) is 11.5. The van der Waals surface area contributed by atoms with Gasteiger partial charge in [-0.15, -0.1) is 0 Å². The summed E-state index contributed by atoms with van der Waals surface area (Å²) in [4.78, 5) is 4.63. The van der Waals surface area contributed by atoms with E-state index in [9.17, 15) is 0 Å². The summed E-state index contributed by atoms with van der Waals surface area (Å²) in [6.45, 7) is 4.41. The Morgan fingerprint density at radius 2 is 2.04 bits per heavy atom. The summed E-state index contributed by atoms with van der Waals surface area (Å²) < 4.78 is 8.10. The van der Waals surface area contributed by atoms with E-state index in [2.05, 4.69) is 14.9 Å². The van der Waals surface area contributed by atoms with Crippen LogP contribution >= 0.6 is 23.2 Å². The summed E-state index contributed by atoms with van der Waals surface area (Å²) in [5, 5.41) is 4.59. The number of hydrogen-bond donors (Lipinski definition) is 1. The molecule has 1 aliphatic rings. The Kier molecular flexibility index (Phi) is 4.12. The van der Waals surface area contributed by atoms with Gasteiger partial charge in [0.15, 0.2) is 0 Å². The van der Waals surface area contributed by atoms with E-state index in [1.807, 2.05) is 37.3 Å². The molecule has 0 radical (unpaired) electrons. The molecule has 1 aliphatic heterocycles. The zero-order valence-corrected chi connectivity index (χ0v) is 14.7. The average Bonchev–Trinajstić information content (AvgIpc) is 2.82. The van der Waals surface area contributed by atoms with Gasteiger partial charge in [0, 0.05) is 29.2 Å². The van der Waals surface area contributed by atoms with Crippen LogP contribution < -0.4 is 10.1 Å². The number of ether oxygens (including phenoxy) is 1. The van der Waals surface area contributed by atoms with E-state index in [0.29, 0.717) is 16.6 Å². The molecule has 0 aliphatic carbocycles. The molecule has 0 unspecified atom stereocenters. The molecule has 3 aromatic rings. The van der Waals surface area contributed by atoms with Crippen LogP contribution in [0.3, 0.4) is 0 Å². The number of fused-ring (bicyclic) bond motifs is 1. The van der Waals surface area contributed by atoms with Crippen LogP contribution in [0.2, 0.25) is 10.0 Å². The van der Waals surface area contributed by atoms with Crippen LogP contribution in [0.25, 0.3) is 11.0 Å². The number of aryl methyl sites for hydroxylation is 1. The van der Waals surface area contributed by atoms with Crippen LogP contribution in [0.4, 0.5) is 0 Å². The van der Waals surface area contributed by atoms with Crippen molar-refractivity contribution in [3.63, 3.8) is 0 Å². The van der Waals surface area contributed by atoms with Gasteiger partial charge in [-0.1, -0.05) is 23.2 Å². The third-order valence-corrected chi connectivity index (χ3v) is 4.90. The molecule has 0 bridgehead atoms. The zero-order valence-electron chi connectivity index (χ0n) is 13.2. The lowest BCUT2D eigenvalue weighted by Gasteiger charge is -2.27. The van der Waals surface area contributed by atoms with Crippen molar-refractivity contribution in [2.24, 2.45) is 0 Å². The maximum atomic E-state index is 6.32. The standard InChI is InChI=1S/C18H17Cl2N3O/c1-11-22-17-5-3-14(24-15-8-21-9-15)7-18(17)23(11)10-12-6-13(19)2-4-16(12)20/h2-7,15,21H,8-10H2,1H3. The van der Waals surface area contributed by atoms with Crippen LogP contribution in [0.1, 0.15) is 11.4 Å². The lowest BCUT2D eigenvalue weighted by molar-refractivity contribution is 0.142. The minimum atomic E-state index is 0.252. The summed E-state index contributed by atoms with van der Waals surface area (Å²) in [5.74, 6) is 1.80. The number of imidazole rings is 1. The van der Waals surface area contributed by atoms with E-state index in [-0.39, 0.29) is 6.10 Å². The van der Waals surface area contributed by atoms with Gasteiger partial charge >= 0.3 is 0 Å². The van der Waals surface area contributed by atoms with E-state index >= 15 is 0 Å². The number of nitrogens with zero attached hydrogens (tertiary/aromatic N) is 2. The quantitative estimate of drug-likeness (QED) is 0.761. The first kappa shape index (κ1) is 15.8. The predicted octanol–water partition coefficient (Wildman–Crippen LogP) is 4.05. The van der Waals surface area contributed by atoms with E-state index in [0.717, 1.165) is 41.3 Å². The smallest absolute Gasteiger partial charge is 0.123 e. The van der Waals surface area contributed by atoms with E-state index in [1.165, 1.54) is 0 Å². The van der Waals surface area contributed by atoms with Crippen molar-refractivity contribution >= 4 is 34.2 Å². The van der Waals surface area contributed by atoms with Gasteiger partial charge in [-0.05, 0) is 42.8 Å². The molecule has 2 heterocycles. The Hall–Kier alpha value is -1.75. The van der Waals surface area contributed by atoms with E-state index < -0.39 is 0 Å². The second kappa shape index (κ2) is 6.28. The van der Waals surface area contributed by atoms with Crippen LogP contribution in [0.15, 0.2) is 36.4 Å². The molecule has 0 saturated carbocycles. The van der Waals surface area contributed by atoms with Gasteiger partial charge < -0.3 is 14.6 Å².